The molecule has 1 aromatic carbocycles. The summed E-state index contributed by atoms with van der Waals surface area (Å²) in [5.41, 5.74) is 2.43. The SMILES string of the molecule is CCNC(=NCc1ccccc1CN(CC)CC)NC1CCN(CC(F)(F)F)C1.I. The van der Waals surface area contributed by atoms with Gasteiger partial charge >= 0.3 is 6.18 Å². The molecule has 0 spiro atoms. The molecule has 0 amide bonds. The van der Waals surface area contributed by atoms with Gasteiger partial charge in [-0.1, -0.05) is 38.1 Å². The van der Waals surface area contributed by atoms with E-state index in [2.05, 4.69) is 41.5 Å². The summed E-state index contributed by atoms with van der Waals surface area (Å²) in [7, 11) is 0. The highest BCUT2D eigenvalue weighted by atomic mass is 127. The quantitative estimate of drug-likeness (QED) is 0.284. The van der Waals surface area contributed by atoms with Gasteiger partial charge in [-0.3, -0.25) is 9.80 Å². The predicted molar refractivity (Wildman–Crippen MR) is 127 cm³/mol. The zero-order chi connectivity index (χ0) is 21.3. The predicted octanol–water partition coefficient (Wildman–Crippen LogP) is 3.84. The number of guanidine groups is 1. The van der Waals surface area contributed by atoms with Crippen LogP contribution in [0.3, 0.4) is 0 Å². The summed E-state index contributed by atoms with van der Waals surface area (Å²) in [6.07, 6.45) is -3.47. The maximum absolute atomic E-state index is 12.6. The van der Waals surface area contributed by atoms with Gasteiger partial charge in [0, 0.05) is 32.2 Å². The normalized spacial score (nSPS) is 17.8. The molecule has 0 aromatic heterocycles. The fraction of sp³-hybridized carbons (Fsp3) is 0.667. The zero-order valence-electron chi connectivity index (χ0n) is 18.1. The van der Waals surface area contributed by atoms with Crippen molar-refractivity contribution in [3.63, 3.8) is 0 Å². The molecule has 1 aromatic rings. The average molecular weight is 541 g/mol. The molecule has 1 atom stereocenters. The number of alkyl halides is 3. The molecular weight excluding hydrogens is 506 g/mol. The maximum Gasteiger partial charge on any atom is 0.401 e. The van der Waals surface area contributed by atoms with Crippen LogP contribution in [0.4, 0.5) is 13.2 Å². The van der Waals surface area contributed by atoms with Gasteiger partial charge in [-0.2, -0.15) is 13.2 Å². The van der Waals surface area contributed by atoms with Crippen molar-refractivity contribution in [3.8, 4) is 0 Å². The Morgan fingerprint density at radius 1 is 1.17 bits per heavy atom. The topological polar surface area (TPSA) is 42.9 Å². The molecule has 0 radical (unpaired) electrons. The lowest BCUT2D eigenvalue weighted by Gasteiger charge is -2.21. The van der Waals surface area contributed by atoms with Gasteiger partial charge in [0.15, 0.2) is 5.96 Å². The first-order valence-corrected chi connectivity index (χ1v) is 10.5. The van der Waals surface area contributed by atoms with Crippen LogP contribution in [0.25, 0.3) is 0 Å². The third-order valence-corrected chi connectivity index (χ3v) is 5.17. The average Bonchev–Trinajstić information content (AvgIpc) is 3.10. The van der Waals surface area contributed by atoms with Crippen LogP contribution in [0.5, 0.6) is 0 Å². The third-order valence-electron chi connectivity index (χ3n) is 5.17. The summed E-state index contributed by atoms with van der Waals surface area (Å²) in [6, 6.07) is 8.26. The number of rotatable bonds is 9. The largest absolute Gasteiger partial charge is 0.401 e. The van der Waals surface area contributed by atoms with Gasteiger partial charge in [-0.25, -0.2) is 4.99 Å². The van der Waals surface area contributed by atoms with Crippen molar-refractivity contribution in [1.29, 1.82) is 0 Å². The van der Waals surface area contributed by atoms with Crippen molar-refractivity contribution >= 4 is 29.9 Å². The highest BCUT2D eigenvalue weighted by Crippen LogP contribution is 2.20. The minimum absolute atomic E-state index is 0. The Bertz CT molecular complexity index is 650. The highest BCUT2D eigenvalue weighted by molar-refractivity contribution is 14.0. The van der Waals surface area contributed by atoms with Crippen LogP contribution in [0, 0.1) is 0 Å². The molecule has 30 heavy (non-hydrogen) atoms. The molecule has 2 rings (SSSR count). The second-order valence-corrected chi connectivity index (χ2v) is 7.41. The molecule has 0 aliphatic carbocycles. The summed E-state index contributed by atoms with van der Waals surface area (Å²) >= 11 is 0. The van der Waals surface area contributed by atoms with E-state index in [1.54, 1.807) is 0 Å². The van der Waals surface area contributed by atoms with E-state index < -0.39 is 12.7 Å². The molecule has 172 valence electrons. The van der Waals surface area contributed by atoms with Gasteiger partial charge < -0.3 is 10.6 Å². The summed E-state index contributed by atoms with van der Waals surface area (Å²) < 4.78 is 37.8. The summed E-state index contributed by atoms with van der Waals surface area (Å²) in [6.45, 7) is 10.4. The Morgan fingerprint density at radius 3 is 2.43 bits per heavy atom. The molecule has 5 nitrogen and oxygen atoms in total. The molecule has 1 aliphatic heterocycles. The lowest BCUT2D eigenvalue weighted by Crippen LogP contribution is -2.45. The smallest absolute Gasteiger partial charge is 0.357 e. The number of hydrogen-bond acceptors (Lipinski definition) is 3. The zero-order valence-corrected chi connectivity index (χ0v) is 20.5. The number of nitrogens with one attached hydrogen (secondary N) is 2. The van der Waals surface area contributed by atoms with Gasteiger partial charge in [0.25, 0.3) is 0 Å². The van der Waals surface area contributed by atoms with Gasteiger partial charge in [-0.15, -0.1) is 24.0 Å². The number of halogens is 4. The molecule has 9 heteroatoms. The van der Waals surface area contributed by atoms with E-state index >= 15 is 0 Å². The Labute approximate surface area is 195 Å². The molecule has 1 fully saturated rings. The molecule has 1 saturated heterocycles. The molecule has 1 aliphatic rings. The Kier molecular flexibility index (Phi) is 12.0. The number of nitrogens with zero attached hydrogens (tertiary/aromatic N) is 3. The van der Waals surface area contributed by atoms with Crippen LogP contribution in [-0.4, -0.2) is 67.2 Å². The lowest BCUT2D eigenvalue weighted by atomic mass is 10.1. The first kappa shape index (κ1) is 27.0. The van der Waals surface area contributed by atoms with E-state index in [0.29, 0.717) is 38.6 Å². The van der Waals surface area contributed by atoms with Gasteiger partial charge in [0.05, 0.1) is 13.1 Å². The van der Waals surface area contributed by atoms with Crippen LogP contribution < -0.4 is 10.6 Å². The monoisotopic (exact) mass is 541 g/mol. The maximum atomic E-state index is 12.6. The van der Waals surface area contributed by atoms with E-state index in [-0.39, 0.29) is 30.0 Å². The minimum Gasteiger partial charge on any atom is -0.357 e. The fourth-order valence-corrected chi connectivity index (χ4v) is 3.58. The van der Waals surface area contributed by atoms with Crippen molar-refractivity contribution in [1.82, 2.24) is 20.4 Å². The van der Waals surface area contributed by atoms with Crippen LogP contribution in [0.1, 0.15) is 38.3 Å². The standard InChI is InChI=1S/C21H34F3N5.HI/c1-4-25-20(27-19-11-12-29(15-19)16-21(22,23)24)26-13-17-9-7-8-10-18(17)14-28(5-2)6-3;/h7-10,19H,4-6,11-16H2,1-3H3,(H2,25,26,27);1H. The van der Waals surface area contributed by atoms with Crippen molar-refractivity contribution in [3.05, 3.63) is 35.4 Å². The van der Waals surface area contributed by atoms with E-state index in [1.807, 2.05) is 19.1 Å². The molecule has 1 heterocycles. The minimum atomic E-state index is -4.15. The number of aliphatic imine (C=N–C) groups is 1. The van der Waals surface area contributed by atoms with Crippen molar-refractivity contribution < 1.29 is 13.2 Å². The summed E-state index contributed by atoms with van der Waals surface area (Å²) in [5, 5.41) is 6.52. The first-order valence-electron chi connectivity index (χ1n) is 10.5. The number of likely N-dealkylation sites (tertiary alicyclic amines) is 1. The van der Waals surface area contributed by atoms with E-state index in [1.165, 1.54) is 16.0 Å². The molecule has 0 bridgehead atoms. The van der Waals surface area contributed by atoms with Crippen LogP contribution in [0.15, 0.2) is 29.3 Å². The Hall–Kier alpha value is -1.07. The molecular formula is C21H35F3IN5. The van der Waals surface area contributed by atoms with Crippen molar-refractivity contribution in [2.45, 2.75) is 52.5 Å². The lowest BCUT2D eigenvalue weighted by molar-refractivity contribution is -0.143. The third kappa shape index (κ3) is 9.38. The highest BCUT2D eigenvalue weighted by Gasteiger charge is 2.34. The summed E-state index contributed by atoms with van der Waals surface area (Å²) in [5.74, 6) is 0.656. The first-order chi connectivity index (χ1) is 13.8. The van der Waals surface area contributed by atoms with Crippen molar-refractivity contribution in [2.75, 3.05) is 39.3 Å². The van der Waals surface area contributed by atoms with Crippen LogP contribution in [-0.2, 0) is 13.1 Å². The summed E-state index contributed by atoms with van der Waals surface area (Å²) in [4.78, 5) is 8.51. The second-order valence-electron chi connectivity index (χ2n) is 7.41. The molecule has 2 N–H and O–H groups in total. The molecule has 1 unspecified atom stereocenters. The van der Waals surface area contributed by atoms with Crippen LogP contribution >= 0.6 is 24.0 Å². The Morgan fingerprint density at radius 2 is 1.83 bits per heavy atom. The van der Waals surface area contributed by atoms with Crippen molar-refractivity contribution in [2.24, 2.45) is 4.99 Å². The fourth-order valence-electron chi connectivity index (χ4n) is 3.58. The van der Waals surface area contributed by atoms with Gasteiger partial charge in [-0.05, 0) is 37.6 Å². The van der Waals surface area contributed by atoms with E-state index in [4.69, 9.17) is 4.99 Å². The van der Waals surface area contributed by atoms with E-state index in [9.17, 15) is 13.2 Å². The molecule has 0 saturated carbocycles. The van der Waals surface area contributed by atoms with Gasteiger partial charge in [0.2, 0.25) is 0 Å². The number of benzene rings is 1. The Balaban J connectivity index is 0.00000450. The van der Waals surface area contributed by atoms with E-state index in [0.717, 1.165) is 19.6 Å². The van der Waals surface area contributed by atoms with Gasteiger partial charge in [0.1, 0.15) is 0 Å². The number of hydrogen-bond donors (Lipinski definition) is 2. The van der Waals surface area contributed by atoms with Crippen LogP contribution in [0.2, 0.25) is 0 Å². The second kappa shape index (κ2) is 13.4.